The minimum Gasteiger partial charge on any atom is -0.308 e. The Labute approximate surface area is 476 Å². The Balaban J connectivity index is 0.940. The maximum absolute atomic E-state index is 2.56. The van der Waals surface area contributed by atoms with E-state index < -0.39 is 0 Å². The molecule has 0 radical (unpaired) electrons. The number of para-hydroxylation sites is 2. The van der Waals surface area contributed by atoms with E-state index in [2.05, 4.69) is 325 Å². The standard InChI is InChI=1S/C80H52N2/c1-5-19-53(20-6-1)57-35-43-61(44-36-57)77-67-29-13-15-33-71(67)81(79(77)63-47-39-59(40-48-63)55-23-9-3-10-24-55)73-51-65-27-18-32-70-74(52-66-28-17-31-69(73)75(66)76(65)70)82-72-34-16-14-30-68(72)78(62-45-37-58(38-46-62)54-21-7-2-8-22-54)80(82)64-49-41-60(42-50-64)56-25-11-4-12-26-56/h1-52H. The van der Waals surface area contributed by atoms with Crippen LogP contribution in [0.25, 0.3) is 155 Å². The van der Waals surface area contributed by atoms with Crippen molar-refractivity contribution < 1.29 is 0 Å². The van der Waals surface area contributed by atoms with E-state index in [4.69, 9.17) is 0 Å². The first-order valence-corrected chi connectivity index (χ1v) is 28.3. The van der Waals surface area contributed by atoms with Crippen LogP contribution in [0.1, 0.15) is 0 Å². The minimum absolute atomic E-state index is 1.15. The lowest BCUT2D eigenvalue weighted by Gasteiger charge is -2.22. The topological polar surface area (TPSA) is 9.86 Å². The van der Waals surface area contributed by atoms with Gasteiger partial charge in [-0.05, 0) is 113 Å². The Morgan fingerprint density at radius 3 is 0.768 bits per heavy atom. The quantitative estimate of drug-likeness (QED) is 0.121. The molecule has 2 aromatic heterocycles. The summed E-state index contributed by atoms with van der Waals surface area (Å²) in [7, 11) is 0. The average Bonchev–Trinajstić information content (AvgIpc) is 3.34. The van der Waals surface area contributed by atoms with Gasteiger partial charge in [0.05, 0.1) is 33.8 Å². The molecule has 0 atom stereocenters. The fraction of sp³-hybridized carbons (Fsp3) is 0. The summed E-state index contributed by atoms with van der Waals surface area (Å²) in [5.74, 6) is 0. The fourth-order valence-electron chi connectivity index (χ4n) is 13.1. The van der Waals surface area contributed by atoms with Gasteiger partial charge in [-0.3, -0.25) is 0 Å². The van der Waals surface area contributed by atoms with Gasteiger partial charge in [0.2, 0.25) is 0 Å². The van der Waals surface area contributed by atoms with Crippen molar-refractivity contribution in [1.82, 2.24) is 9.13 Å². The van der Waals surface area contributed by atoms with E-state index in [9.17, 15) is 0 Å². The second kappa shape index (κ2) is 19.5. The predicted octanol–water partition coefficient (Wildman–Crippen LogP) is 21.8. The van der Waals surface area contributed by atoms with Gasteiger partial charge in [0, 0.05) is 32.7 Å². The van der Waals surface area contributed by atoms with Crippen molar-refractivity contribution >= 4 is 54.1 Å². The van der Waals surface area contributed by atoms with Crippen LogP contribution in [0.3, 0.4) is 0 Å². The normalized spacial score (nSPS) is 11.7. The maximum atomic E-state index is 2.56. The highest BCUT2D eigenvalue weighted by Gasteiger charge is 2.27. The third kappa shape index (κ3) is 7.80. The van der Waals surface area contributed by atoms with Gasteiger partial charge in [-0.1, -0.05) is 291 Å². The Morgan fingerprint density at radius 2 is 0.439 bits per heavy atom. The molecule has 2 nitrogen and oxygen atoms in total. The first kappa shape index (κ1) is 47.2. The predicted molar refractivity (Wildman–Crippen MR) is 347 cm³/mol. The van der Waals surface area contributed by atoms with Crippen LogP contribution in [-0.4, -0.2) is 9.13 Å². The molecule has 16 aromatic rings. The summed E-state index contributed by atoms with van der Waals surface area (Å²) in [6, 6.07) is 116. The number of benzene rings is 14. The molecule has 0 saturated heterocycles. The van der Waals surface area contributed by atoms with Crippen LogP contribution in [0.5, 0.6) is 0 Å². The number of aromatic nitrogens is 2. The summed E-state index contributed by atoms with van der Waals surface area (Å²) in [4.78, 5) is 0. The first-order valence-electron chi connectivity index (χ1n) is 28.3. The van der Waals surface area contributed by atoms with Crippen LogP contribution in [0, 0.1) is 0 Å². The minimum atomic E-state index is 1.15. The van der Waals surface area contributed by atoms with Gasteiger partial charge in [0.1, 0.15) is 0 Å². The van der Waals surface area contributed by atoms with Gasteiger partial charge in [-0.25, -0.2) is 0 Å². The monoisotopic (exact) mass is 1040 g/mol. The van der Waals surface area contributed by atoms with E-state index in [1.165, 1.54) is 110 Å². The Bertz CT molecular complexity index is 4680. The summed E-state index contributed by atoms with van der Waals surface area (Å²) in [6.07, 6.45) is 0. The third-order valence-electron chi connectivity index (χ3n) is 16.9. The zero-order valence-corrected chi connectivity index (χ0v) is 44.9. The number of fused-ring (bicyclic) bond motifs is 2. The highest BCUT2D eigenvalue weighted by molar-refractivity contribution is 6.28. The van der Waals surface area contributed by atoms with E-state index in [0.29, 0.717) is 0 Å². The largest absolute Gasteiger partial charge is 0.308 e. The maximum Gasteiger partial charge on any atom is 0.0619 e. The van der Waals surface area contributed by atoms with Crippen LogP contribution >= 0.6 is 0 Å². The van der Waals surface area contributed by atoms with E-state index >= 15 is 0 Å². The molecule has 0 N–H and O–H groups in total. The third-order valence-corrected chi connectivity index (χ3v) is 16.9. The van der Waals surface area contributed by atoms with Crippen LogP contribution < -0.4 is 0 Å². The molecule has 0 amide bonds. The Kier molecular flexibility index (Phi) is 11.2. The molecule has 0 fully saturated rings. The lowest BCUT2D eigenvalue weighted by molar-refractivity contribution is 1.15. The Morgan fingerprint density at radius 1 is 0.183 bits per heavy atom. The molecule has 0 unspecified atom stereocenters. The van der Waals surface area contributed by atoms with Crippen molar-refractivity contribution in [1.29, 1.82) is 0 Å². The lowest BCUT2D eigenvalue weighted by atomic mass is 9.91. The molecule has 82 heavy (non-hydrogen) atoms. The SMILES string of the molecule is c1ccc(-c2ccc(-c3c(-c4ccc(-c5ccccc5)cc4)n(-c4cc5cccc6c(-n7c(-c8ccc(-c9ccccc9)cc8)c(-c8ccc(-c9ccccc9)cc8)c8ccccc87)cc7cccc4c7c56)c4ccccc34)cc2)cc1. The molecule has 2 heteroatoms. The fourth-order valence-corrected chi connectivity index (χ4v) is 13.1. The highest BCUT2D eigenvalue weighted by Crippen LogP contribution is 2.50. The lowest BCUT2D eigenvalue weighted by Crippen LogP contribution is -2.02. The highest BCUT2D eigenvalue weighted by atomic mass is 15.0. The summed E-state index contributed by atoms with van der Waals surface area (Å²) in [6.45, 7) is 0. The van der Waals surface area contributed by atoms with Crippen molar-refractivity contribution in [3.8, 4) is 101 Å². The first-order chi connectivity index (χ1) is 40.7. The van der Waals surface area contributed by atoms with Gasteiger partial charge >= 0.3 is 0 Å². The molecule has 0 aliphatic heterocycles. The van der Waals surface area contributed by atoms with Crippen LogP contribution in [0.2, 0.25) is 0 Å². The number of hydrogen-bond acceptors (Lipinski definition) is 0. The van der Waals surface area contributed by atoms with Gasteiger partial charge in [-0.2, -0.15) is 0 Å². The number of rotatable bonds is 10. The summed E-state index contributed by atoms with van der Waals surface area (Å²) in [5, 5.41) is 9.72. The van der Waals surface area contributed by atoms with Gasteiger partial charge in [0.15, 0.2) is 0 Å². The van der Waals surface area contributed by atoms with Crippen LogP contribution in [-0.2, 0) is 0 Å². The van der Waals surface area contributed by atoms with Gasteiger partial charge in [-0.15, -0.1) is 0 Å². The second-order valence-corrected chi connectivity index (χ2v) is 21.5. The molecule has 16 rings (SSSR count). The van der Waals surface area contributed by atoms with E-state index in [1.54, 1.807) is 0 Å². The summed E-state index contributed by atoms with van der Waals surface area (Å²) < 4.78 is 5.12. The molecule has 0 aliphatic carbocycles. The van der Waals surface area contributed by atoms with E-state index in [1.807, 2.05) is 0 Å². The van der Waals surface area contributed by atoms with Crippen molar-refractivity contribution in [3.05, 3.63) is 315 Å². The van der Waals surface area contributed by atoms with Crippen LogP contribution in [0.15, 0.2) is 315 Å². The van der Waals surface area contributed by atoms with Gasteiger partial charge < -0.3 is 9.13 Å². The van der Waals surface area contributed by atoms with Crippen molar-refractivity contribution in [2.24, 2.45) is 0 Å². The molecule has 0 aliphatic rings. The average molecular weight is 1040 g/mol. The number of nitrogens with zero attached hydrogens (tertiary/aromatic N) is 2. The van der Waals surface area contributed by atoms with Crippen molar-refractivity contribution in [2.75, 3.05) is 0 Å². The molecule has 2 heterocycles. The molecule has 0 saturated carbocycles. The zero-order valence-electron chi connectivity index (χ0n) is 44.9. The molecular formula is C80H52N2. The Hall–Kier alpha value is -10.8. The van der Waals surface area contributed by atoms with E-state index in [-0.39, 0.29) is 0 Å². The molecule has 0 bridgehead atoms. The zero-order chi connectivity index (χ0) is 54.1. The second-order valence-electron chi connectivity index (χ2n) is 21.5. The van der Waals surface area contributed by atoms with Crippen molar-refractivity contribution in [3.63, 3.8) is 0 Å². The van der Waals surface area contributed by atoms with Crippen molar-refractivity contribution in [2.45, 2.75) is 0 Å². The smallest absolute Gasteiger partial charge is 0.0619 e. The summed E-state index contributed by atoms with van der Waals surface area (Å²) >= 11 is 0. The summed E-state index contributed by atoms with van der Waals surface area (Å²) in [5.41, 5.74) is 23.6. The molecular weight excluding hydrogens is 989 g/mol. The molecule has 0 spiro atoms. The van der Waals surface area contributed by atoms with Crippen LogP contribution in [0.4, 0.5) is 0 Å². The number of hydrogen-bond donors (Lipinski definition) is 0. The molecule has 14 aromatic carbocycles. The van der Waals surface area contributed by atoms with E-state index in [0.717, 1.165) is 44.9 Å². The van der Waals surface area contributed by atoms with Gasteiger partial charge in [0.25, 0.3) is 0 Å². The molecule has 382 valence electrons.